The van der Waals surface area contributed by atoms with Crippen LogP contribution in [0.3, 0.4) is 0 Å². The van der Waals surface area contributed by atoms with Crippen LogP contribution in [0.2, 0.25) is 0 Å². The van der Waals surface area contributed by atoms with Gasteiger partial charge >= 0.3 is 5.97 Å². The smallest absolute Gasteiger partial charge is 0.319 e. The Morgan fingerprint density at radius 2 is 2.16 bits per heavy atom. The summed E-state index contributed by atoms with van der Waals surface area (Å²) in [5.74, 6) is 0.492. The SMILES string of the molecule is CC(C)C(C(=O)O)S(=O)CC1CSc2ccccc21. The molecule has 1 heterocycles. The van der Waals surface area contributed by atoms with Crippen molar-refractivity contribution in [2.24, 2.45) is 5.92 Å². The Labute approximate surface area is 120 Å². The monoisotopic (exact) mass is 298 g/mol. The van der Waals surface area contributed by atoms with E-state index in [1.807, 2.05) is 26.0 Å². The van der Waals surface area contributed by atoms with E-state index < -0.39 is 22.0 Å². The topological polar surface area (TPSA) is 54.4 Å². The van der Waals surface area contributed by atoms with Crippen molar-refractivity contribution in [3.63, 3.8) is 0 Å². The second-order valence-corrected chi connectivity index (χ2v) is 7.76. The first kappa shape index (κ1) is 14.6. The largest absolute Gasteiger partial charge is 0.480 e. The van der Waals surface area contributed by atoms with E-state index in [2.05, 4.69) is 12.1 Å². The number of thioether (sulfide) groups is 1. The van der Waals surface area contributed by atoms with Gasteiger partial charge in [-0.2, -0.15) is 0 Å². The highest BCUT2D eigenvalue weighted by Gasteiger charge is 2.32. The van der Waals surface area contributed by atoms with Crippen LogP contribution in [0.4, 0.5) is 0 Å². The fourth-order valence-electron chi connectivity index (χ4n) is 2.37. The molecule has 0 saturated carbocycles. The summed E-state index contributed by atoms with van der Waals surface area (Å²) >= 11 is 1.76. The van der Waals surface area contributed by atoms with E-state index >= 15 is 0 Å². The van der Waals surface area contributed by atoms with Crippen LogP contribution in [0.1, 0.15) is 25.3 Å². The van der Waals surface area contributed by atoms with Gasteiger partial charge in [-0.1, -0.05) is 32.0 Å². The molecule has 0 spiro atoms. The fraction of sp³-hybridized carbons (Fsp3) is 0.500. The van der Waals surface area contributed by atoms with E-state index in [0.29, 0.717) is 5.75 Å². The summed E-state index contributed by atoms with van der Waals surface area (Å²) in [6, 6.07) is 8.11. The van der Waals surface area contributed by atoms with Gasteiger partial charge in [0.25, 0.3) is 0 Å². The molecule has 0 saturated heterocycles. The number of carboxylic acids is 1. The van der Waals surface area contributed by atoms with Crippen LogP contribution in [0.5, 0.6) is 0 Å². The number of aliphatic carboxylic acids is 1. The highest BCUT2D eigenvalue weighted by atomic mass is 32.2. The van der Waals surface area contributed by atoms with Gasteiger partial charge in [-0.15, -0.1) is 11.8 Å². The average Bonchev–Trinajstić information content (AvgIpc) is 2.72. The van der Waals surface area contributed by atoms with Crippen LogP contribution < -0.4 is 0 Å². The Kier molecular flexibility index (Phi) is 4.68. The normalized spacial score (nSPS) is 21.1. The minimum Gasteiger partial charge on any atom is -0.480 e. The van der Waals surface area contributed by atoms with Gasteiger partial charge in [0.15, 0.2) is 0 Å². The Bertz CT molecular complexity index is 499. The van der Waals surface area contributed by atoms with E-state index in [1.54, 1.807) is 11.8 Å². The molecule has 5 heteroatoms. The van der Waals surface area contributed by atoms with E-state index in [1.165, 1.54) is 10.5 Å². The minimum atomic E-state index is -1.33. The van der Waals surface area contributed by atoms with Crippen LogP contribution in [0.25, 0.3) is 0 Å². The molecule has 0 aromatic heterocycles. The van der Waals surface area contributed by atoms with Crippen LogP contribution in [0.15, 0.2) is 29.2 Å². The molecule has 0 aliphatic carbocycles. The van der Waals surface area contributed by atoms with Crippen molar-refractivity contribution in [2.45, 2.75) is 29.9 Å². The molecule has 1 aromatic rings. The predicted molar refractivity (Wildman–Crippen MR) is 79.2 cm³/mol. The van der Waals surface area contributed by atoms with Gasteiger partial charge in [-0.3, -0.25) is 9.00 Å². The second kappa shape index (κ2) is 6.09. The van der Waals surface area contributed by atoms with Crippen molar-refractivity contribution in [3.05, 3.63) is 29.8 Å². The van der Waals surface area contributed by atoms with Crippen LogP contribution in [0, 0.1) is 5.92 Å². The zero-order chi connectivity index (χ0) is 14.0. The van der Waals surface area contributed by atoms with E-state index in [-0.39, 0.29) is 11.8 Å². The van der Waals surface area contributed by atoms with Gasteiger partial charge in [0.1, 0.15) is 5.25 Å². The second-order valence-electron chi connectivity index (χ2n) is 5.10. The zero-order valence-electron chi connectivity index (χ0n) is 11.0. The summed E-state index contributed by atoms with van der Waals surface area (Å²) in [6.07, 6.45) is 0. The summed E-state index contributed by atoms with van der Waals surface area (Å²) in [6.45, 7) is 3.63. The first-order chi connectivity index (χ1) is 9.00. The van der Waals surface area contributed by atoms with Crippen molar-refractivity contribution in [2.75, 3.05) is 11.5 Å². The molecule has 19 heavy (non-hydrogen) atoms. The van der Waals surface area contributed by atoms with Gasteiger partial charge in [0.05, 0.1) is 0 Å². The molecule has 3 atom stereocenters. The quantitative estimate of drug-likeness (QED) is 0.908. The molecule has 0 fully saturated rings. The maximum absolute atomic E-state index is 12.3. The Morgan fingerprint density at radius 3 is 2.79 bits per heavy atom. The van der Waals surface area contributed by atoms with Crippen LogP contribution >= 0.6 is 11.8 Å². The van der Waals surface area contributed by atoms with E-state index in [9.17, 15) is 14.1 Å². The Morgan fingerprint density at radius 1 is 1.47 bits per heavy atom. The lowest BCUT2D eigenvalue weighted by Gasteiger charge is -2.18. The lowest BCUT2D eigenvalue weighted by molar-refractivity contribution is -0.137. The van der Waals surface area contributed by atoms with Crippen LogP contribution in [-0.4, -0.2) is 32.0 Å². The summed E-state index contributed by atoms with van der Waals surface area (Å²) in [5.41, 5.74) is 1.22. The van der Waals surface area contributed by atoms with E-state index in [0.717, 1.165) is 5.75 Å². The maximum atomic E-state index is 12.3. The van der Waals surface area contributed by atoms with Gasteiger partial charge in [0.2, 0.25) is 0 Å². The Balaban J connectivity index is 2.10. The molecule has 1 N–H and O–H groups in total. The summed E-state index contributed by atoms with van der Waals surface area (Å²) in [5, 5.41) is 8.42. The zero-order valence-corrected chi connectivity index (χ0v) is 12.7. The first-order valence-electron chi connectivity index (χ1n) is 6.32. The molecule has 0 radical (unpaired) electrons. The van der Waals surface area contributed by atoms with Gasteiger partial charge < -0.3 is 5.11 Å². The molecular formula is C14H18O3S2. The summed E-state index contributed by atoms with van der Waals surface area (Å²) in [7, 11) is -1.33. The summed E-state index contributed by atoms with van der Waals surface area (Å²) < 4.78 is 12.3. The molecular weight excluding hydrogens is 280 g/mol. The third-order valence-electron chi connectivity index (χ3n) is 3.30. The third kappa shape index (κ3) is 3.20. The van der Waals surface area contributed by atoms with Crippen molar-refractivity contribution in [1.29, 1.82) is 0 Å². The molecule has 104 valence electrons. The highest BCUT2D eigenvalue weighted by Crippen LogP contribution is 2.40. The van der Waals surface area contributed by atoms with Gasteiger partial charge in [-0.05, 0) is 17.5 Å². The first-order valence-corrected chi connectivity index (χ1v) is 8.69. The van der Waals surface area contributed by atoms with Crippen molar-refractivity contribution in [3.8, 4) is 0 Å². The van der Waals surface area contributed by atoms with Gasteiger partial charge in [-0.25, -0.2) is 0 Å². The van der Waals surface area contributed by atoms with Crippen molar-refractivity contribution >= 4 is 28.5 Å². The summed E-state index contributed by atoms with van der Waals surface area (Å²) in [4.78, 5) is 12.4. The predicted octanol–water partition coefficient (Wildman–Crippen LogP) is 2.73. The number of carbonyl (C=O) groups is 1. The standard InChI is InChI=1S/C14H18O3S2/c1-9(2)13(14(15)16)19(17)8-10-7-18-12-6-4-3-5-11(10)12/h3-6,9-10,13H,7-8H2,1-2H3,(H,15,16). The van der Waals surface area contributed by atoms with E-state index in [4.69, 9.17) is 0 Å². The van der Waals surface area contributed by atoms with Crippen LogP contribution in [-0.2, 0) is 15.6 Å². The molecule has 2 rings (SSSR count). The number of hydrogen-bond donors (Lipinski definition) is 1. The average molecular weight is 298 g/mol. The molecule has 3 unspecified atom stereocenters. The molecule has 0 bridgehead atoms. The number of rotatable bonds is 5. The lowest BCUT2D eigenvalue weighted by Crippen LogP contribution is -2.33. The molecule has 1 aromatic carbocycles. The molecule has 1 aliphatic rings. The number of hydrogen-bond acceptors (Lipinski definition) is 3. The number of fused-ring (bicyclic) bond motifs is 1. The van der Waals surface area contributed by atoms with Gasteiger partial charge in [0, 0.05) is 33.1 Å². The Hall–Kier alpha value is -0.810. The maximum Gasteiger partial charge on any atom is 0.319 e. The fourth-order valence-corrected chi connectivity index (χ4v) is 5.51. The number of carboxylic acid groups (broad SMARTS) is 1. The molecule has 3 nitrogen and oxygen atoms in total. The third-order valence-corrected chi connectivity index (χ3v) is 6.59. The lowest BCUT2D eigenvalue weighted by atomic mass is 10.0. The van der Waals surface area contributed by atoms with Crippen molar-refractivity contribution in [1.82, 2.24) is 0 Å². The highest BCUT2D eigenvalue weighted by molar-refractivity contribution is 7.99. The molecule has 0 amide bonds. The van der Waals surface area contributed by atoms with Crippen molar-refractivity contribution < 1.29 is 14.1 Å². The number of benzene rings is 1. The minimum absolute atomic E-state index is 0.109. The molecule has 1 aliphatic heterocycles.